The number of alkyl halides is 6. The number of halogens is 8. The molecule has 484 valence electrons. The first-order valence-electron chi connectivity index (χ1n) is 28.4. The smallest absolute Gasteiger partial charge is 0.416 e. The summed E-state index contributed by atoms with van der Waals surface area (Å²) in [6.45, 7) is 7.09. The largest absolute Gasteiger partial charge is 0.493 e. The van der Waals surface area contributed by atoms with Crippen LogP contribution in [0.2, 0.25) is 0 Å². The van der Waals surface area contributed by atoms with Crippen LogP contribution in [-0.4, -0.2) is 94.2 Å². The highest BCUT2D eigenvalue weighted by Gasteiger charge is 2.60. The zero-order valence-electron chi connectivity index (χ0n) is 49.0. The number of ether oxygens (including phenoxy) is 2. The Hall–Kier alpha value is -5.90. The number of ketones is 1. The molecule has 90 heavy (non-hydrogen) atoms. The normalized spacial score (nSPS) is 23.5. The Morgan fingerprint density at radius 3 is 1.18 bits per heavy atom. The van der Waals surface area contributed by atoms with Crippen LogP contribution in [0.5, 0.6) is 11.5 Å². The average Bonchev–Trinajstić information content (AvgIpc) is 1.69. The second-order valence-corrected chi connectivity index (χ2v) is 30.5. The van der Waals surface area contributed by atoms with Gasteiger partial charge in [0.1, 0.15) is 29.7 Å². The van der Waals surface area contributed by atoms with E-state index in [0.717, 1.165) is 36.4 Å². The van der Waals surface area contributed by atoms with Gasteiger partial charge in [0.2, 0.25) is 0 Å². The lowest BCUT2D eigenvalue weighted by Gasteiger charge is -2.35. The average molecular weight is 1340 g/mol. The Bertz CT molecular complexity index is 3610. The lowest BCUT2D eigenvalue weighted by atomic mass is 10.0. The number of amides is 1. The molecule has 4 unspecified atom stereocenters. The van der Waals surface area contributed by atoms with E-state index in [2.05, 4.69) is 0 Å². The molecule has 4 atom stereocenters. The number of likely N-dealkylation sites (N-methyl/N-ethyl adjacent to an activating group) is 1. The van der Waals surface area contributed by atoms with Crippen LogP contribution in [0.1, 0.15) is 101 Å². The number of hydrogen-bond donors (Lipinski definition) is 0. The fraction of sp³-hybridized carbons (Fsp3) is 0.377. The van der Waals surface area contributed by atoms with Crippen LogP contribution in [0.3, 0.4) is 0 Å². The molecule has 6 aromatic rings. The third-order valence-corrected chi connectivity index (χ3v) is 26.6. The molecule has 0 radical (unpaired) electrons. The first-order valence-corrected chi connectivity index (χ1v) is 34.8. The number of nitrogens with zero attached hydrogens (tertiary/aromatic N) is 1. The number of carbonyl (C=O) groups is 2. The van der Waals surface area contributed by atoms with Crippen LogP contribution in [0.4, 0.5) is 35.1 Å². The minimum atomic E-state index is -4.42. The number of hydrogen-bond acceptors (Lipinski definition) is 16. The van der Waals surface area contributed by atoms with Crippen molar-refractivity contribution in [2.75, 3.05) is 53.2 Å². The van der Waals surface area contributed by atoms with Crippen molar-refractivity contribution >= 4 is 42.1 Å². The predicted octanol–water partition coefficient (Wildman–Crippen LogP) is 17.1. The summed E-state index contributed by atoms with van der Waals surface area (Å²) < 4.78 is 218. The quantitative estimate of drug-likeness (QED) is 0.0447. The minimum Gasteiger partial charge on any atom is -0.493 e. The van der Waals surface area contributed by atoms with Gasteiger partial charge in [-0.3, -0.25) is 27.8 Å². The molecule has 4 fully saturated rings. The van der Waals surface area contributed by atoms with Gasteiger partial charge in [-0.05, 0) is 147 Å². The van der Waals surface area contributed by atoms with Gasteiger partial charge in [0.15, 0.2) is 16.6 Å². The molecule has 4 aliphatic rings. The predicted molar refractivity (Wildman–Crippen MR) is 315 cm³/mol. The third kappa shape index (κ3) is 15.9. The first kappa shape index (κ1) is 68.5. The van der Waals surface area contributed by atoms with Crippen molar-refractivity contribution in [1.82, 2.24) is 4.90 Å². The maximum atomic E-state index is 15.5. The van der Waals surface area contributed by atoms with Gasteiger partial charge in [-0.15, -0.1) is 0 Å². The van der Waals surface area contributed by atoms with E-state index in [1.807, 2.05) is 0 Å². The standard InChI is InChI=1S/C32H35F4NO8P2.C29H28F4O8P2/c1-19-20(2)43-46(39,42-19)31(47(40)44-21(3)22(4)45-47)25-10-15-28(29(33)18-25)30(38)37(5)16-17-41-27-13-8-24(9-14-27)23-6-11-26(12-7-23)32(34,35)36;30-26-19-22(28(42(35)38-14-1-15-39-42)43(36)40-16-2-17-41-43)7-12-25(26)27(34)13-18-37-24-10-5-21(6-11-24)20-3-8-23(9-4-20)29(31,32)33/h6-15,18-22,31H,16-17H2,1-5H3;3-12,19,28H,1-2,13-18H2. The number of carbonyl (C=O) groups excluding carboxylic acids is 2. The van der Waals surface area contributed by atoms with E-state index >= 15 is 8.78 Å². The van der Waals surface area contributed by atoms with E-state index < -0.39 is 112 Å². The number of rotatable bonds is 18. The van der Waals surface area contributed by atoms with Gasteiger partial charge in [0, 0.05) is 13.5 Å². The van der Waals surface area contributed by atoms with E-state index in [0.29, 0.717) is 46.6 Å². The van der Waals surface area contributed by atoms with Crippen molar-refractivity contribution in [2.24, 2.45) is 0 Å². The van der Waals surface area contributed by atoms with E-state index in [1.54, 1.807) is 76.2 Å². The van der Waals surface area contributed by atoms with Crippen molar-refractivity contribution in [3.05, 3.63) is 178 Å². The summed E-state index contributed by atoms with van der Waals surface area (Å²) in [5.41, 5.74) is 0.571. The van der Waals surface area contributed by atoms with Crippen LogP contribution < -0.4 is 9.47 Å². The van der Waals surface area contributed by atoms with Gasteiger partial charge < -0.3 is 50.6 Å². The zero-order valence-corrected chi connectivity index (χ0v) is 52.6. The fourth-order valence-electron chi connectivity index (χ4n) is 9.85. The molecule has 0 saturated carbocycles. The molecule has 17 nitrogen and oxygen atoms in total. The molecule has 10 rings (SSSR count). The van der Waals surface area contributed by atoms with E-state index in [4.69, 9.17) is 45.7 Å². The molecule has 0 aromatic heterocycles. The van der Waals surface area contributed by atoms with Crippen molar-refractivity contribution in [3.8, 4) is 33.8 Å². The maximum Gasteiger partial charge on any atom is 0.416 e. The molecule has 4 saturated heterocycles. The SMILES string of the molecule is CC1OP(=O)(C(c2ccc(C(=O)N(C)CCOc3ccc(-c4ccc(C(F)(F)F)cc4)cc3)c(F)c2)P2(=O)OC(C)C(C)O2)OC1C.O=C(CCOc1ccc(-c2ccc(C(F)(F)F)cc2)cc1)c1ccc(C(P2(=O)OCCCO2)P2(=O)OCCCO2)cc1F. The molecule has 4 aliphatic heterocycles. The molecule has 6 aromatic carbocycles. The van der Waals surface area contributed by atoms with Gasteiger partial charge in [-0.1, -0.05) is 60.7 Å². The van der Waals surface area contributed by atoms with Gasteiger partial charge >= 0.3 is 42.7 Å². The Morgan fingerprint density at radius 1 is 0.489 bits per heavy atom. The molecule has 0 aliphatic carbocycles. The lowest BCUT2D eigenvalue weighted by molar-refractivity contribution is -0.138. The van der Waals surface area contributed by atoms with Crippen molar-refractivity contribution < 1.29 is 109 Å². The summed E-state index contributed by atoms with van der Waals surface area (Å²) >= 11 is 0. The summed E-state index contributed by atoms with van der Waals surface area (Å²) in [7, 11) is -15.0. The summed E-state index contributed by atoms with van der Waals surface area (Å²) in [4.78, 5) is 27.2. The molecule has 0 bridgehead atoms. The highest BCUT2D eigenvalue weighted by atomic mass is 31.2. The molecule has 4 heterocycles. The summed E-state index contributed by atoms with van der Waals surface area (Å²) in [6, 6.07) is 29.9. The van der Waals surface area contributed by atoms with Crippen molar-refractivity contribution in [2.45, 2.75) is 94.5 Å². The Kier molecular flexibility index (Phi) is 21.4. The molecular formula is C61H63F8NO16P4. The topological polar surface area (TPSA) is 198 Å². The van der Waals surface area contributed by atoms with E-state index in [-0.39, 0.29) is 74.9 Å². The van der Waals surface area contributed by atoms with Crippen molar-refractivity contribution in [1.29, 1.82) is 0 Å². The molecular weight excluding hydrogens is 1280 g/mol. The van der Waals surface area contributed by atoms with Gasteiger partial charge in [-0.2, -0.15) is 26.3 Å². The Balaban J connectivity index is 0.000000214. The summed E-state index contributed by atoms with van der Waals surface area (Å²) in [5.74, 6) is -2.19. The van der Waals surface area contributed by atoms with Crippen molar-refractivity contribution in [3.63, 3.8) is 0 Å². The number of benzene rings is 6. The van der Waals surface area contributed by atoms with Gasteiger partial charge in [0.05, 0.1) is 86.2 Å². The summed E-state index contributed by atoms with van der Waals surface area (Å²) in [6.07, 6.45) is -10.4. The third-order valence-electron chi connectivity index (χ3n) is 15.0. The molecule has 0 spiro atoms. The van der Waals surface area contributed by atoms with Crippen LogP contribution in [0, 0.1) is 11.6 Å². The van der Waals surface area contributed by atoms with E-state index in [1.165, 1.54) is 60.5 Å². The molecule has 1 amide bonds. The van der Waals surface area contributed by atoms with Crippen LogP contribution in [0.15, 0.2) is 133 Å². The summed E-state index contributed by atoms with van der Waals surface area (Å²) in [5, 5.41) is -3.07. The molecule has 29 heteroatoms. The van der Waals surface area contributed by atoms with Crippen LogP contribution in [0.25, 0.3) is 22.3 Å². The highest BCUT2D eigenvalue weighted by molar-refractivity contribution is 7.72. The minimum absolute atomic E-state index is 0.00824. The second-order valence-electron chi connectivity index (χ2n) is 21.5. The first-order chi connectivity index (χ1) is 42.5. The van der Waals surface area contributed by atoms with Crippen LogP contribution >= 0.6 is 30.4 Å². The second kappa shape index (κ2) is 28.1. The highest BCUT2D eigenvalue weighted by Crippen LogP contribution is 2.83. The zero-order chi connectivity index (χ0) is 65.0. The molecule has 0 N–H and O–H groups in total. The van der Waals surface area contributed by atoms with Gasteiger partial charge in [-0.25, -0.2) is 8.78 Å². The maximum absolute atomic E-state index is 15.5. The van der Waals surface area contributed by atoms with Gasteiger partial charge in [0.25, 0.3) is 5.91 Å². The lowest BCUT2D eigenvalue weighted by Crippen LogP contribution is -2.31. The number of Topliss-reactive ketones (excluding diaryl/α,β-unsaturated/α-hetero) is 1. The van der Waals surface area contributed by atoms with Crippen LogP contribution in [-0.2, 0) is 66.8 Å². The monoisotopic (exact) mass is 1340 g/mol. The Labute approximate surface area is 513 Å². The fourth-order valence-corrected chi connectivity index (χ4v) is 21.5. The van der Waals surface area contributed by atoms with E-state index in [9.17, 15) is 54.2 Å². The Morgan fingerprint density at radius 2 is 0.822 bits per heavy atom.